The van der Waals surface area contributed by atoms with Crippen molar-refractivity contribution in [3.05, 3.63) is 29.3 Å². The van der Waals surface area contributed by atoms with E-state index in [-0.39, 0.29) is 5.91 Å². The number of halogens is 1. The Bertz CT molecular complexity index is 587. The van der Waals surface area contributed by atoms with E-state index in [0.29, 0.717) is 17.1 Å². The van der Waals surface area contributed by atoms with Crippen molar-refractivity contribution in [1.29, 1.82) is 0 Å². The van der Waals surface area contributed by atoms with E-state index in [9.17, 15) is 4.79 Å². The van der Waals surface area contributed by atoms with Gasteiger partial charge in [0.15, 0.2) is 5.11 Å². The molecule has 0 radical (unpaired) electrons. The third kappa shape index (κ3) is 4.84. The van der Waals surface area contributed by atoms with E-state index in [2.05, 4.69) is 24.1 Å². The Labute approximate surface area is 155 Å². The number of carbonyl (C=O) groups is 1. The van der Waals surface area contributed by atoms with Crippen LogP contribution in [0.5, 0.6) is 0 Å². The van der Waals surface area contributed by atoms with E-state index in [0.717, 1.165) is 43.2 Å². The molecule has 1 aliphatic heterocycles. The van der Waals surface area contributed by atoms with Gasteiger partial charge in [-0.3, -0.25) is 4.79 Å². The van der Waals surface area contributed by atoms with Crippen LogP contribution < -0.4 is 5.32 Å². The van der Waals surface area contributed by atoms with Gasteiger partial charge in [-0.1, -0.05) is 24.6 Å². The van der Waals surface area contributed by atoms with Crippen LogP contribution in [0.4, 0.5) is 5.69 Å². The fraction of sp³-hybridized carbons (Fsp3) is 0.556. The molecule has 2 rings (SSSR count). The smallest absolute Gasteiger partial charge is 0.219 e. The summed E-state index contributed by atoms with van der Waals surface area (Å²) in [5.74, 6) is 0.156. The molecular formula is C18H26ClN3OS. The number of amides is 1. The van der Waals surface area contributed by atoms with Crippen molar-refractivity contribution >= 4 is 40.5 Å². The normalized spacial score (nSPS) is 16.6. The van der Waals surface area contributed by atoms with E-state index >= 15 is 0 Å². The second-order valence-electron chi connectivity index (χ2n) is 6.34. The van der Waals surface area contributed by atoms with E-state index < -0.39 is 0 Å². The zero-order valence-electron chi connectivity index (χ0n) is 14.6. The zero-order chi connectivity index (χ0) is 17.7. The lowest BCUT2D eigenvalue weighted by Crippen LogP contribution is -2.52. The van der Waals surface area contributed by atoms with Gasteiger partial charge in [0.2, 0.25) is 5.91 Å². The fourth-order valence-electron chi connectivity index (χ4n) is 3.14. The number of hydrogen-bond acceptors (Lipinski definition) is 2. The minimum Gasteiger partial charge on any atom is -0.343 e. The monoisotopic (exact) mass is 367 g/mol. The predicted molar refractivity (Wildman–Crippen MR) is 105 cm³/mol. The number of benzene rings is 1. The number of piperidine rings is 1. The van der Waals surface area contributed by atoms with Crippen molar-refractivity contribution in [2.45, 2.75) is 52.1 Å². The van der Waals surface area contributed by atoms with Crippen LogP contribution in [0.15, 0.2) is 24.3 Å². The lowest BCUT2D eigenvalue weighted by Gasteiger charge is -2.42. The highest BCUT2D eigenvalue weighted by molar-refractivity contribution is 7.80. The molecular weight excluding hydrogens is 342 g/mol. The average Bonchev–Trinajstić information content (AvgIpc) is 2.55. The number of nitrogens with zero attached hydrogens (tertiary/aromatic N) is 2. The van der Waals surface area contributed by atoms with Crippen LogP contribution in [0.3, 0.4) is 0 Å². The summed E-state index contributed by atoms with van der Waals surface area (Å²) in [7, 11) is 0. The third-order valence-corrected chi connectivity index (χ3v) is 5.23. The van der Waals surface area contributed by atoms with Gasteiger partial charge in [0.25, 0.3) is 0 Å². The van der Waals surface area contributed by atoms with Crippen molar-refractivity contribution in [2.24, 2.45) is 0 Å². The summed E-state index contributed by atoms with van der Waals surface area (Å²) in [6.45, 7) is 7.60. The molecule has 1 fully saturated rings. The van der Waals surface area contributed by atoms with Crippen LogP contribution in [0.2, 0.25) is 5.02 Å². The van der Waals surface area contributed by atoms with Crippen molar-refractivity contribution in [1.82, 2.24) is 9.80 Å². The van der Waals surface area contributed by atoms with Crippen molar-refractivity contribution in [3.63, 3.8) is 0 Å². The van der Waals surface area contributed by atoms with Crippen molar-refractivity contribution in [2.75, 3.05) is 18.4 Å². The van der Waals surface area contributed by atoms with Crippen LogP contribution >= 0.6 is 23.8 Å². The predicted octanol–water partition coefficient (Wildman–Crippen LogP) is 4.15. The quantitative estimate of drug-likeness (QED) is 0.811. The summed E-state index contributed by atoms with van der Waals surface area (Å²) >= 11 is 11.8. The molecule has 24 heavy (non-hydrogen) atoms. The van der Waals surface area contributed by atoms with Gasteiger partial charge < -0.3 is 15.1 Å². The summed E-state index contributed by atoms with van der Waals surface area (Å²) in [5, 5.41) is 4.74. The number of nitrogens with one attached hydrogen (secondary N) is 1. The largest absolute Gasteiger partial charge is 0.343 e. The summed E-state index contributed by atoms with van der Waals surface area (Å²) in [5.41, 5.74) is 0.905. The number of rotatable bonds is 4. The second-order valence-corrected chi connectivity index (χ2v) is 7.17. The molecule has 132 valence electrons. The molecule has 1 aromatic carbocycles. The summed E-state index contributed by atoms with van der Waals surface area (Å²) in [6.07, 6.45) is 2.91. The van der Waals surface area contributed by atoms with Gasteiger partial charge in [0.1, 0.15) is 0 Å². The highest BCUT2D eigenvalue weighted by Crippen LogP contribution is 2.23. The van der Waals surface area contributed by atoms with E-state index in [4.69, 9.17) is 23.8 Å². The maximum absolute atomic E-state index is 11.5. The minimum absolute atomic E-state index is 0.156. The van der Waals surface area contributed by atoms with Gasteiger partial charge >= 0.3 is 0 Å². The van der Waals surface area contributed by atoms with Crippen LogP contribution in [0.1, 0.15) is 40.0 Å². The average molecular weight is 368 g/mol. The fourth-order valence-corrected chi connectivity index (χ4v) is 3.77. The number of carbonyl (C=O) groups excluding carboxylic acids is 1. The summed E-state index contributed by atoms with van der Waals surface area (Å²) in [4.78, 5) is 15.7. The number of thiocarbonyl (C=S) groups is 1. The van der Waals surface area contributed by atoms with Crippen molar-refractivity contribution < 1.29 is 4.79 Å². The molecule has 0 spiro atoms. The highest BCUT2D eigenvalue weighted by atomic mass is 35.5. The number of hydrogen-bond donors (Lipinski definition) is 1. The molecule has 1 amide bonds. The molecule has 1 aromatic rings. The lowest BCUT2D eigenvalue weighted by molar-refractivity contribution is -0.130. The summed E-state index contributed by atoms with van der Waals surface area (Å²) in [6, 6.07) is 8.30. The first-order valence-corrected chi connectivity index (χ1v) is 9.31. The van der Waals surface area contributed by atoms with Gasteiger partial charge in [-0.25, -0.2) is 0 Å². The van der Waals surface area contributed by atoms with Gasteiger partial charge in [0, 0.05) is 42.8 Å². The summed E-state index contributed by atoms with van der Waals surface area (Å²) < 4.78 is 0. The Balaban J connectivity index is 2.08. The Morgan fingerprint density at radius 3 is 2.67 bits per heavy atom. The zero-order valence-corrected chi connectivity index (χ0v) is 16.2. The maximum Gasteiger partial charge on any atom is 0.219 e. The Morgan fingerprint density at radius 1 is 1.46 bits per heavy atom. The van der Waals surface area contributed by atoms with Crippen LogP contribution in [0, 0.1) is 0 Å². The van der Waals surface area contributed by atoms with Crippen LogP contribution in [0.25, 0.3) is 0 Å². The Morgan fingerprint density at radius 2 is 2.12 bits per heavy atom. The molecule has 1 heterocycles. The van der Waals surface area contributed by atoms with Gasteiger partial charge in [-0.15, -0.1) is 0 Å². The number of likely N-dealkylation sites (tertiary alicyclic amines) is 1. The topological polar surface area (TPSA) is 35.6 Å². The van der Waals surface area contributed by atoms with Crippen LogP contribution in [-0.2, 0) is 4.79 Å². The first-order chi connectivity index (χ1) is 11.4. The SMILES string of the molecule is CC[C@@H](C)N(C(=S)Nc1cccc(Cl)c1)C1CCN(C(C)=O)CC1. The highest BCUT2D eigenvalue weighted by Gasteiger charge is 2.29. The molecule has 1 aliphatic rings. The third-order valence-electron chi connectivity index (χ3n) is 4.68. The molecule has 4 nitrogen and oxygen atoms in total. The lowest BCUT2D eigenvalue weighted by atomic mass is 10.0. The van der Waals surface area contributed by atoms with Gasteiger partial charge in [-0.05, 0) is 56.6 Å². The first-order valence-electron chi connectivity index (χ1n) is 8.52. The van der Waals surface area contributed by atoms with E-state index in [1.807, 2.05) is 29.2 Å². The van der Waals surface area contributed by atoms with E-state index in [1.165, 1.54) is 0 Å². The standard InChI is InChI=1S/C18H26ClN3OS/c1-4-13(2)22(17-8-10-21(11-9-17)14(3)23)18(24)20-16-7-5-6-15(19)12-16/h5-7,12-13,17H,4,8-11H2,1-3H3,(H,20,24)/t13-/m1/s1. The molecule has 0 bridgehead atoms. The molecule has 0 aliphatic carbocycles. The molecule has 1 saturated heterocycles. The minimum atomic E-state index is 0.156. The van der Waals surface area contributed by atoms with Gasteiger partial charge in [0.05, 0.1) is 0 Å². The van der Waals surface area contributed by atoms with Crippen molar-refractivity contribution in [3.8, 4) is 0 Å². The van der Waals surface area contributed by atoms with Gasteiger partial charge in [-0.2, -0.15) is 0 Å². The second kappa shape index (κ2) is 8.67. The molecule has 0 unspecified atom stereocenters. The maximum atomic E-state index is 11.5. The molecule has 6 heteroatoms. The molecule has 0 saturated carbocycles. The molecule has 1 atom stereocenters. The van der Waals surface area contributed by atoms with E-state index in [1.54, 1.807) is 6.92 Å². The molecule has 1 N–H and O–H groups in total. The Hall–Kier alpha value is -1.33. The Kier molecular flexibility index (Phi) is 6.87. The number of anilines is 1. The van der Waals surface area contributed by atoms with Crippen LogP contribution in [-0.4, -0.2) is 46.0 Å². The first kappa shape index (κ1) is 19.0. The molecule has 0 aromatic heterocycles.